The van der Waals surface area contributed by atoms with E-state index in [9.17, 15) is 19.2 Å². The maximum absolute atomic E-state index is 12.9. The molecule has 1 unspecified atom stereocenters. The molecule has 8 heteroatoms. The summed E-state index contributed by atoms with van der Waals surface area (Å²) in [5.41, 5.74) is 9.16. The molecule has 2 aromatic rings. The average Bonchev–Trinajstić information content (AvgIpc) is 3.14. The van der Waals surface area contributed by atoms with Gasteiger partial charge in [0.05, 0.1) is 6.04 Å². The summed E-state index contributed by atoms with van der Waals surface area (Å²) < 4.78 is 0. The number of hydrogen-bond acceptors (Lipinski definition) is 6. The van der Waals surface area contributed by atoms with E-state index in [0.717, 1.165) is 11.8 Å². The molecule has 2 amide bonds. The van der Waals surface area contributed by atoms with Gasteiger partial charge in [0.15, 0.2) is 5.78 Å². The minimum absolute atomic E-state index is 0.0573. The molecule has 176 valence electrons. The smallest absolute Gasteiger partial charge is 0.255 e. The predicted octanol–water partition coefficient (Wildman–Crippen LogP) is 3.56. The summed E-state index contributed by atoms with van der Waals surface area (Å²) in [6.07, 6.45) is 3.52. The number of allylic oxidation sites excluding steroid dienone is 1. The Labute approximate surface area is 198 Å². The lowest BCUT2D eigenvalue weighted by atomic mass is 10.0. The number of benzene rings is 2. The van der Waals surface area contributed by atoms with Crippen molar-refractivity contribution in [3.63, 3.8) is 0 Å². The first-order chi connectivity index (χ1) is 16.2. The summed E-state index contributed by atoms with van der Waals surface area (Å²) in [4.78, 5) is 51.0. The Balaban J connectivity index is 1.72. The number of carbonyl (C=O) groups is 4. The number of fused-ring (bicyclic) bond motifs is 1. The van der Waals surface area contributed by atoms with E-state index in [-0.39, 0.29) is 36.3 Å². The van der Waals surface area contributed by atoms with E-state index in [1.54, 1.807) is 49.4 Å². The van der Waals surface area contributed by atoms with Crippen LogP contribution in [0.15, 0.2) is 48.5 Å². The molecule has 0 fully saturated rings. The van der Waals surface area contributed by atoms with Crippen molar-refractivity contribution in [1.29, 1.82) is 5.41 Å². The average molecular weight is 461 g/mol. The molecule has 1 aliphatic heterocycles. The molecule has 1 atom stereocenters. The standard InChI is InChI=1S/C26H28N4O4/c1-3-21(32)9-11-24(16(2)31)30-15-19-14-20(8-10-22(19)26(30)34)29-25(33)18-6-4-17(5-7-18)23(28)12-13-27/h4-8,10,12-14,24,27H,3,9,11,15,28H2,1-2H3,(H,29,33)/b23-12-,27-13?. The number of ketones is 2. The molecule has 1 aliphatic rings. The lowest BCUT2D eigenvalue weighted by Gasteiger charge is -2.25. The summed E-state index contributed by atoms with van der Waals surface area (Å²) in [7, 11) is 0. The number of rotatable bonds is 10. The summed E-state index contributed by atoms with van der Waals surface area (Å²) in [6, 6.07) is 11.1. The van der Waals surface area contributed by atoms with Crippen molar-refractivity contribution >= 4 is 41.0 Å². The SMILES string of the molecule is CCC(=O)CCC(C(C)=O)N1Cc2cc(NC(=O)c3ccc(/C(N)=C/C=N)cc3)ccc2C1=O. The van der Waals surface area contributed by atoms with Crippen LogP contribution in [0.3, 0.4) is 0 Å². The second kappa shape index (κ2) is 10.7. The van der Waals surface area contributed by atoms with E-state index in [2.05, 4.69) is 5.32 Å². The zero-order chi connectivity index (χ0) is 24.8. The van der Waals surface area contributed by atoms with Crippen LogP contribution in [0.25, 0.3) is 5.70 Å². The van der Waals surface area contributed by atoms with Gasteiger partial charge in [-0.2, -0.15) is 0 Å². The van der Waals surface area contributed by atoms with Crippen molar-refractivity contribution < 1.29 is 19.2 Å². The van der Waals surface area contributed by atoms with Gasteiger partial charge in [-0.1, -0.05) is 19.1 Å². The quantitative estimate of drug-likeness (QED) is 0.466. The van der Waals surface area contributed by atoms with Gasteiger partial charge in [0.1, 0.15) is 5.78 Å². The third-order valence-corrected chi connectivity index (χ3v) is 5.87. The molecule has 4 N–H and O–H groups in total. The van der Waals surface area contributed by atoms with Crippen molar-refractivity contribution in [2.24, 2.45) is 5.73 Å². The molecule has 0 radical (unpaired) electrons. The van der Waals surface area contributed by atoms with Crippen molar-refractivity contribution in [1.82, 2.24) is 4.90 Å². The summed E-state index contributed by atoms with van der Waals surface area (Å²) >= 11 is 0. The van der Waals surface area contributed by atoms with E-state index in [4.69, 9.17) is 11.1 Å². The Hall–Kier alpha value is -4.07. The fourth-order valence-corrected chi connectivity index (χ4v) is 3.93. The van der Waals surface area contributed by atoms with Crippen molar-refractivity contribution in [3.8, 4) is 0 Å². The summed E-state index contributed by atoms with van der Waals surface area (Å²) in [5.74, 6) is -0.662. The molecular formula is C26H28N4O4. The van der Waals surface area contributed by atoms with Crippen LogP contribution in [0.4, 0.5) is 5.69 Å². The monoisotopic (exact) mass is 460 g/mol. The summed E-state index contributed by atoms with van der Waals surface area (Å²) in [6.45, 7) is 3.45. The third kappa shape index (κ3) is 5.46. The molecule has 0 saturated heterocycles. The van der Waals surface area contributed by atoms with E-state index in [1.807, 2.05) is 0 Å². The van der Waals surface area contributed by atoms with Gasteiger partial charge in [-0.15, -0.1) is 0 Å². The van der Waals surface area contributed by atoms with Gasteiger partial charge in [-0.05, 0) is 60.9 Å². The number of amides is 2. The van der Waals surface area contributed by atoms with Crippen LogP contribution >= 0.6 is 0 Å². The Bertz CT molecular complexity index is 1170. The Morgan fingerprint density at radius 2 is 1.82 bits per heavy atom. The second-order valence-corrected chi connectivity index (χ2v) is 8.18. The largest absolute Gasteiger partial charge is 0.398 e. The first-order valence-corrected chi connectivity index (χ1v) is 11.1. The highest BCUT2D eigenvalue weighted by molar-refractivity contribution is 6.06. The number of nitrogens with zero attached hydrogens (tertiary/aromatic N) is 1. The minimum atomic E-state index is -0.652. The molecule has 0 aliphatic carbocycles. The number of nitrogens with one attached hydrogen (secondary N) is 2. The first kappa shape index (κ1) is 24.6. The van der Waals surface area contributed by atoms with Crippen LogP contribution in [-0.4, -0.2) is 40.5 Å². The molecule has 0 aromatic heterocycles. The van der Waals surface area contributed by atoms with Gasteiger partial charge in [0, 0.05) is 48.1 Å². The fourth-order valence-electron chi connectivity index (χ4n) is 3.93. The van der Waals surface area contributed by atoms with Crippen LogP contribution in [0.5, 0.6) is 0 Å². The summed E-state index contributed by atoms with van der Waals surface area (Å²) in [5, 5.41) is 9.91. The van der Waals surface area contributed by atoms with Gasteiger partial charge < -0.3 is 21.4 Å². The van der Waals surface area contributed by atoms with Gasteiger partial charge in [-0.25, -0.2) is 0 Å². The Morgan fingerprint density at radius 3 is 2.44 bits per heavy atom. The van der Waals surface area contributed by atoms with Crippen LogP contribution in [-0.2, 0) is 16.1 Å². The second-order valence-electron chi connectivity index (χ2n) is 8.18. The number of Topliss-reactive ketones (excluding diaryl/α,β-unsaturated/α-hetero) is 2. The van der Waals surface area contributed by atoms with Gasteiger partial charge in [0.25, 0.3) is 11.8 Å². The van der Waals surface area contributed by atoms with E-state index < -0.39 is 6.04 Å². The number of anilines is 1. The molecule has 1 heterocycles. The lowest BCUT2D eigenvalue weighted by molar-refractivity contribution is -0.122. The number of hydrogen-bond donors (Lipinski definition) is 3. The van der Waals surface area contributed by atoms with Crippen LogP contribution in [0.2, 0.25) is 0 Å². The molecule has 0 bridgehead atoms. The van der Waals surface area contributed by atoms with Crippen LogP contribution in [0.1, 0.15) is 65.0 Å². The highest BCUT2D eigenvalue weighted by Gasteiger charge is 2.35. The van der Waals surface area contributed by atoms with Crippen LogP contribution in [0, 0.1) is 5.41 Å². The highest BCUT2D eigenvalue weighted by Crippen LogP contribution is 2.29. The third-order valence-electron chi connectivity index (χ3n) is 5.87. The number of carbonyl (C=O) groups excluding carboxylic acids is 4. The van der Waals surface area contributed by atoms with Crippen molar-refractivity contribution in [3.05, 3.63) is 70.8 Å². The first-order valence-electron chi connectivity index (χ1n) is 11.1. The Morgan fingerprint density at radius 1 is 1.15 bits per heavy atom. The lowest BCUT2D eigenvalue weighted by Crippen LogP contribution is -2.40. The minimum Gasteiger partial charge on any atom is -0.398 e. The van der Waals surface area contributed by atoms with Gasteiger partial charge in [0.2, 0.25) is 0 Å². The molecule has 8 nitrogen and oxygen atoms in total. The zero-order valence-corrected chi connectivity index (χ0v) is 19.3. The van der Waals surface area contributed by atoms with E-state index in [0.29, 0.717) is 40.9 Å². The van der Waals surface area contributed by atoms with Crippen molar-refractivity contribution in [2.75, 3.05) is 5.32 Å². The topological polar surface area (TPSA) is 133 Å². The molecule has 0 spiro atoms. The van der Waals surface area contributed by atoms with Crippen LogP contribution < -0.4 is 11.1 Å². The molecule has 3 rings (SSSR count). The van der Waals surface area contributed by atoms with E-state index in [1.165, 1.54) is 17.9 Å². The maximum atomic E-state index is 12.9. The van der Waals surface area contributed by atoms with E-state index >= 15 is 0 Å². The van der Waals surface area contributed by atoms with Gasteiger partial charge in [-0.3, -0.25) is 19.2 Å². The molecular weight excluding hydrogens is 432 g/mol. The fraction of sp³-hybridized carbons (Fsp3) is 0.269. The molecule has 34 heavy (non-hydrogen) atoms. The maximum Gasteiger partial charge on any atom is 0.255 e. The van der Waals surface area contributed by atoms with Crippen molar-refractivity contribution in [2.45, 2.75) is 45.7 Å². The highest BCUT2D eigenvalue weighted by atomic mass is 16.2. The zero-order valence-electron chi connectivity index (χ0n) is 19.3. The Kier molecular flexibility index (Phi) is 7.73. The van der Waals surface area contributed by atoms with Gasteiger partial charge >= 0.3 is 0 Å². The number of nitrogens with two attached hydrogens (primary N) is 1. The predicted molar refractivity (Wildman–Crippen MR) is 131 cm³/mol. The normalized spacial score (nSPS) is 13.9. The molecule has 0 saturated carbocycles. The molecule has 2 aromatic carbocycles.